The molecule has 2 aliphatic rings. The number of imide groups is 1. The highest BCUT2D eigenvalue weighted by molar-refractivity contribution is 7.89. The fourth-order valence-corrected chi connectivity index (χ4v) is 5.25. The summed E-state index contributed by atoms with van der Waals surface area (Å²) in [5.74, 6) is -0.349. The maximum absolute atomic E-state index is 12.9. The Bertz CT molecular complexity index is 832. The maximum atomic E-state index is 12.9. The first-order valence-corrected chi connectivity index (χ1v) is 11.4. The topological polar surface area (TPSA) is 100 Å². The van der Waals surface area contributed by atoms with Crippen LogP contribution in [0.3, 0.4) is 0 Å². The summed E-state index contributed by atoms with van der Waals surface area (Å²) in [4.78, 5) is 24.8. The van der Waals surface area contributed by atoms with Gasteiger partial charge in [-0.15, -0.1) is 0 Å². The lowest BCUT2D eigenvalue weighted by atomic mass is 10.1. The van der Waals surface area contributed by atoms with Gasteiger partial charge in [0, 0.05) is 6.54 Å². The minimum absolute atomic E-state index is 0.159. The van der Waals surface area contributed by atoms with Gasteiger partial charge in [-0.05, 0) is 48.9 Å². The van der Waals surface area contributed by atoms with Crippen molar-refractivity contribution in [2.75, 3.05) is 39.3 Å². The minimum atomic E-state index is -3.51. The molecule has 9 heteroatoms. The van der Waals surface area contributed by atoms with Crippen LogP contribution in [-0.4, -0.2) is 63.9 Å². The fraction of sp³-hybridized carbons (Fsp3) is 0.579. The summed E-state index contributed by atoms with van der Waals surface area (Å²) in [6.45, 7) is 4.41. The molecule has 0 bridgehead atoms. The molecule has 0 saturated carbocycles. The molecule has 1 heterocycles. The fourth-order valence-electron chi connectivity index (χ4n) is 3.76. The number of quaternary nitrogens is 1. The van der Waals surface area contributed by atoms with Crippen molar-refractivity contribution >= 4 is 22.0 Å². The van der Waals surface area contributed by atoms with E-state index in [9.17, 15) is 18.0 Å². The van der Waals surface area contributed by atoms with Gasteiger partial charge >= 0.3 is 6.03 Å². The van der Waals surface area contributed by atoms with E-state index in [0.717, 1.165) is 36.1 Å². The summed E-state index contributed by atoms with van der Waals surface area (Å²) in [6, 6.07) is 4.98. The molecular formula is C19H29N4O4S+. The smallest absolute Gasteiger partial charge is 0.321 e. The molecule has 3 rings (SSSR count). The van der Waals surface area contributed by atoms with Crippen LogP contribution in [0, 0.1) is 0 Å². The highest BCUT2D eigenvalue weighted by Gasteiger charge is 2.32. The largest absolute Gasteiger partial charge is 0.338 e. The van der Waals surface area contributed by atoms with Crippen molar-refractivity contribution in [2.45, 2.75) is 37.5 Å². The highest BCUT2D eigenvalue weighted by Crippen LogP contribution is 2.26. The zero-order chi connectivity index (χ0) is 20.1. The average Bonchev–Trinajstić information content (AvgIpc) is 3.14. The molecule has 1 aromatic carbocycles. The Morgan fingerprint density at radius 2 is 1.86 bits per heavy atom. The molecule has 1 aliphatic heterocycles. The summed E-state index contributed by atoms with van der Waals surface area (Å²) < 4.78 is 27.4. The molecule has 3 N–H and O–H groups in total. The first-order chi connectivity index (χ1) is 13.4. The van der Waals surface area contributed by atoms with Gasteiger partial charge in [0.25, 0.3) is 5.91 Å². The number of nitrogens with zero attached hydrogens (tertiary/aromatic N) is 1. The zero-order valence-corrected chi connectivity index (χ0v) is 17.1. The summed E-state index contributed by atoms with van der Waals surface area (Å²) in [5, 5.41) is 4.91. The average molecular weight is 410 g/mol. The molecule has 8 nitrogen and oxygen atoms in total. The van der Waals surface area contributed by atoms with Crippen molar-refractivity contribution in [2.24, 2.45) is 0 Å². The van der Waals surface area contributed by atoms with Crippen LogP contribution in [0.15, 0.2) is 23.1 Å². The van der Waals surface area contributed by atoms with Gasteiger partial charge < -0.3 is 10.2 Å². The van der Waals surface area contributed by atoms with Gasteiger partial charge in [-0.2, -0.15) is 4.31 Å². The van der Waals surface area contributed by atoms with Gasteiger partial charge in [0.15, 0.2) is 6.54 Å². The van der Waals surface area contributed by atoms with Crippen molar-refractivity contribution < 1.29 is 22.9 Å². The number of urea groups is 1. The number of carbonyl (C=O) groups is 2. The van der Waals surface area contributed by atoms with Crippen molar-refractivity contribution in [3.63, 3.8) is 0 Å². The van der Waals surface area contributed by atoms with Crippen LogP contribution in [0.4, 0.5) is 4.79 Å². The van der Waals surface area contributed by atoms with Gasteiger partial charge in [-0.1, -0.05) is 13.0 Å². The lowest BCUT2D eigenvalue weighted by Gasteiger charge is -2.31. The van der Waals surface area contributed by atoms with Crippen LogP contribution in [0.2, 0.25) is 0 Å². The van der Waals surface area contributed by atoms with E-state index in [1.165, 1.54) is 9.87 Å². The standard InChI is InChI=1S/C19H28N4O4S/c1-2-8-20-19(25)21-18(24)14-22-9-11-23(12-10-22)28(26,27)17-7-6-15-4-3-5-16(15)13-17/h6-7,13H,2-5,8-12,14H2,1H3,(H2,20,21,24,25)/p+1. The van der Waals surface area contributed by atoms with E-state index < -0.39 is 16.1 Å². The molecule has 1 saturated heterocycles. The summed E-state index contributed by atoms with van der Waals surface area (Å²) in [7, 11) is -3.51. The number of fused-ring (bicyclic) bond motifs is 1. The van der Waals surface area contributed by atoms with Crippen molar-refractivity contribution in [1.82, 2.24) is 14.9 Å². The normalized spacial score (nSPS) is 17.9. The third-order valence-electron chi connectivity index (χ3n) is 5.34. The number of amides is 3. The molecule has 0 aromatic heterocycles. The monoisotopic (exact) mass is 409 g/mol. The Labute approximate surface area is 166 Å². The number of hydrogen-bond acceptors (Lipinski definition) is 4. The SMILES string of the molecule is CCCNC(=O)NC(=O)C[NH+]1CCN(S(=O)(=O)c2ccc3c(c2)CCC3)CC1. The molecule has 0 atom stereocenters. The van der Waals surface area contributed by atoms with Crippen LogP contribution in [0.5, 0.6) is 0 Å². The molecule has 154 valence electrons. The van der Waals surface area contributed by atoms with Crippen LogP contribution >= 0.6 is 0 Å². The molecule has 1 aromatic rings. The Morgan fingerprint density at radius 1 is 1.14 bits per heavy atom. The van der Waals surface area contributed by atoms with E-state index in [4.69, 9.17) is 0 Å². The molecular weight excluding hydrogens is 380 g/mol. The minimum Gasteiger partial charge on any atom is -0.338 e. The maximum Gasteiger partial charge on any atom is 0.321 e. The summed E-state index contributed by atoms with van der Waals surface area (Å²) in [5.41, 5.74) is 2.39. The molecule has 0 spiro atoms. The van der Waals surface area contributed by atoms with Crippen LogP contribution in [-0.2, 0) is 27.7 Å². The molecule has 0 unspecified atom stereocenters. The van der Waals surface area contributed by atoms with E-state index in [0.29, 0.717) is 37.6 Å². The number of aryl methyl sites for hydroxylation is 2. The van der Waals surface area contributed by atoms with E-state index in [1.54, 1.807) is 6.07 Å². The highest BCUT2D eigenvalue weighted by atomic mass is 32.2. The van der Waals surface area contributed by atoms with Gasteiger partial charge in [0.1, 0.15) is 0 Å². The number of benzene rings is 1. The molecule has 0 radical (unpaired) electrons. The lowest BCUT2D eigenvalue weighted by molar-refractivity contribution is -0.895. The van der Waals surface area contributed by atoms with E-state index in [1.807, 2.05) is 19.1 Å². The van der Waals surface area contributed by atoms with Gasteiger partial charge in [-0.3, -0.25) is 10.1 Å². The number of rotatable bonds is 6. The van der Waals surface area contributed by atoms with Gasteiger partial charge in [0.2, 0.25) is 10.0 Å². The second kappa shape index (κ2) is 9.02. The van der Waals surface area contributed by atoms with E-state index in [2.05, 4.69) is 10.6 Å². The van der Waals surface area contributed by atoms with Crippen molar-refractivity contribution in [3.8, 4) is 0 Å². The zero-order valence-electron chi connectivity index (χ0n) is 16.3. The molecule has 3 amide bonds. The third kappa shape index (κ3) is 4.89. The number of hydrogen-bond donors (Lipinski definition) is 3. The predicted molar refractivity (Wildman–Crippen MR) is 105 cm³/mol. The first kappa shape index (κ1) is 20.8. The summed E-state index contributed by atoms with van der Waals surface area (Å²) in [6.07, 6.45) is 3.85. The lowest BCUT2D eigenvalue weighted by Crippen LogP contribution is -3.15. The van der Waals surface area contributed by atoms with Crippen molar-refractivity contribution in [3.05, 3.63) is 29.3 Å². The Hall–Kier alpha value is -1.97. The quantitative estimate of drug-likeness (QED) is 0.579. The Kier molecular flexibility index (Phi) is 6.69. The van der Waals surface area contributed by atoms with E-state index >= 15 is 0 Å². The van der Waals surface area contributed by atoms with Crippen LogP contribution in [0.25, 0.3) is 0 Å². The predicted octanol–water partition coefficient (Wildman–Crippen LogP) is -0.700. The van der Waals surface area contributed by atoms with Crippen LogP contribution < -0.4 is 15.5 Å². The molecule has 28 heavy (non-hydrogen) atoms. The second-order valence-electron chi connectivity index (χ2n) is 7.42. The van der Waals surface area contributed by atoms with Gasteiger partial charge in [0.05, 0.1) is 31.1 Å². The first-order valence-electron chi connectivity index (χ1n) is 9.93. The number of piperazine rings is 1. The number of sulfonamides is 1. The van der Waals surface area contributed by atoms with E-state index in [-0.39, 0.29) is 12.5 Å². The molecule has 1 fully saturated rings. The number of nitrogens with one attached hydrogen (secondary N) is 3. The third-order valence-corrected chi connectivity index (χ3v) is 7.23. The van der Waals surface area contributed by atoms with Crippen LogP contribution in [0.1, 0.15) is 30.9 Å². The Morgan fingerprint density at radius 3 is 2.57 bits per heavy atom. The summed E-state index contributed by atoms with van der Waals surface area (Å²) >= 11 is 0. The second-order valence-corrected chi connectivity index (χ2v) is 9.36. The Balaban J connectivity index is 1.52. The van der Waals surface area contributed by atoms with Gasteiger partial charge in [-0.25, -0.2) is 13.2 Å². The molecule has 1 aliphatic carbocycles. The van der Waals surface area contributed by atoms with Crippen molar-refractivity contribution in [1.29, 1.82) is 0 Å². The number of carbonyl (C=O) groups excluding carboxylic acids is 2.